The van der Waals surface area contributed by atoms with Gasteiger partial charge in [0, 0.05) is 18.9 Å². The molecule has 0 aliphatic heterocycles. The van der Waals surface area contributed by atoms with Crippen molar-refractivity contribution in [2.45, 2.75) is 13.2 Å². The van der Waals surface area contributed by atoms with Gasteiger partial charge in [0.25, 0.3) is 0 Å². The lowest BCUT2D eigenvalue weighted by Crippen LogP contribution is -2.00. The molecule has 1 aromatic heterocycles. The Kier molecular flexibility index (Phi) is 4.46. The summed E-state index contributed by atoms with van der Waals surface area (Å²) >= 11 is 0. The first kappa shape index (κ1) is 18.9. The molecule has 0 fully saturated rings. The summed E-state index contributed by atoms with van der Waals surface area (Å²) in [4.78, 5) is 4.48. The van der Waals surface area contributed by atoms with Gasteiger partial charge in [-0.1, -0.05) is 140 Å². The van der Waals surface area contributed by atoms with E-state index in [1.165, 1.54) is 0 Å². The van der Waals surface area contributed by atoms with E-state index in [9.17, 15) is 0 Å². The fourth-order valence-electron chi connectivity index (χ4n) is 6.93. The quantitative estimate of drug-likeness (QED) is 0.177. The van der Waals surface area contributed by atoms with Gasteiger partial charge in [-0.25, -0.2) is 4.98 Å². The number of para-hydroxylation sites is 2. The molecule has 0 saturated carbocycles. The lowest BCUT2D eigenvalue weighted by molar-refractivity contribution is 0.909. The molecule has 0 spiro atoms. The SMILES string of the molecule is [2H]c1c([2H])c([2H])c(-c2ccccc2-c2c3ccccc3c(-c3ccc4cc(-n5c(C([2H])([2H])C([2H])([2H])[2H])nc6ccccc65)ccc4c3)c3ccccc23)c([2H])c1[2H]. The second-order valence-corrected chi connectivity index (χ2v) is 11.5. The van der Waals surface area contributed by atoms with Crippen molar-refractivity contribution in [3.05, 3.63) is 169 Å². The predicted octanol–water partition coefficient (Wildman–Crippen LogP) is 12.0. The molecule has 0 unspecified atom stereocenters. The highest BCUT2D eigenvalue weighted by atomic mass is 15.1. The van der Waals surface area contributed by atoms with E-state index >= 15 is 0 Å². The maximum absolute atomic E-state index is 8.81. The minimum atomic E-state index is -2.94. The minimum absolute atomic E-state index is 0.146. The van der Waals surface area contributed by atoms with E-state index in [0.717, 1.165) is 54.6 Å². The van der Waals surface area contributed by atoms with Crippen LogP contribution in [0, 0.1) is 0 Å². The van der Waals surface area contributed by atoms with Gasteiger partial charge in [0.2, 0.25) is 0 Å². The van der Waals surface area contributed by atoms with E-state index in [1.807, 2.05) is 78.9 Å². The molecule has 0 aliphatic carbocycles. The molecule has 2 heteroatoms. The molecule has 9 rings (SSSR count). The van der Waals surface area contributed by atoms with Crippen LogP contribution in [0.1, 0.15) is 26.4 Å². The summed E-state index contributed by atoms with van der Waals surface area (Å²) in [6.45, 7) is -2.94. The van der Waals surface area contributed by atoms with E-state index in [0.29, 0.717) is 22.3 Å². The Morgan fingerprint density at radius 1 is 0.596 bits per heavy atom. The molecule has 0 saturated heterocycles. The molecule has 1 heterocycles. The summed E-state index contributed by atoms with van der Waals surface area (Å²) in [5.41, 5.74) is 5.97. The Hall–Kier alpha value is -5.99. The molecule has 0 bridgehead atoms. The maximum atomic E-state index is 8.81. The van der Waals surface area contributed by atoms with Gasteiger partial charge >= 0.3 is 0 Å². The summed E-state index contributed by atoms with van der Waals surface area (Å²) in [6, 6.07) is 41.0. The number of aryl methyl sites for hydroxylation is 1. The minimum Gasteiger partial charge on any atom is -0.296 e. The largest absolute Gasteiger partial charge is 0.296 e. The van der Waals surface area contributed by atoms with Crippen LogP contribution in [0.2, 0.25) is 0 Å². The van der Waals surface area contributed by atoms with Gasteiger partial charge in [-0.05, 0) is 96.0 Å². The zero-order chi connectivity index (χ0) is 40.0. The second-order valence-electron chi connectivity index (χ2n) is 11.5. The summed E-state index contributed by atoms with van der Waals surface area (Å²) in [7, 11) is 0. The number of rotatable bonds is 5. The van der Waals surface area contributed by atoms with Crippen molar-refractivity contribution >= 4 is 43.4 Å². The van der Waals surface area contributed by atoms with E-state index < -0.39 is 19.3 Å². The molecule has 0 radical (unpaired) electrons. The van der Waals surface area contributed by atoms with Crippen molar-refractivity contribution in [3.63, 3.8) is 0 Å². The average molecular weight is 611 g/mol. The number of hydrogen-bond acceptors (Lipinski definition) is 1. The first-order valence-corrected chi connectivity index (χ1v) is 15.4. The smallest absolute Gasteiger partial charge is 0.114 e. The molecule has 0 aliphatic rings. The normalized spacial score (nSPS) is 15.2. The van der Waals surface area contributed by atoms with Gasteiger partial charge in [0.1, 0.15) is 5.82 Å². The highest BCUT2D eigenvalue weighted by molar-refractivity contribution is 6.22. The second kappa shape index (κ2) is 11.1. The van der Waals surface area contributed by atoms with Crippen molar-refractivity contribution in [2.75, 3.05) is 0 Å². The highest BCUT2D eigenvalue weighted by Crippen LogP contribution is 2.46. The highest BCUT2D eigenvalue weighted by Gasteiger charge is 2.19. The topological polar surface area (TPSA) is 17.8 Å². The maximum Gasteiger partial charge on any atom is 0.114 e. The fourth-order valence-corrected chi connectivity index (χ4v) is 6.93. The van der Waals surface area contributed by atoms with Crippen LogP contribution >= 0.6 is 0 Å². The summed E-state index contributed by atoms with van der Waals surface area (Å²) < 4.78 is 85.3. The van der Waals surface area contributed by atoms with Crippen molar-refractivity contribution in [1.82, 2.24) is 9.55 Å². The monoisotopic (exact) mass is 610 g/mol. The van der Waals surface area contributed by atoms with E-state index in [4.69, 9.17) is 13.7 Å². The first-order valence-electron chi connectivity index (χ1n) is 20.4. The Bertz CT molecular complexity index is 3020. The van der Waals surface area contributed by atoms with Crippen LogP contribution in [0.25, 0.3) is 82.4 Å². The van der Waals surface area contributed by atoms with E-state index in [2.05, 4.69) is 41.4 Å². The van der Waals surface area contributed by atoms with Crippen molar-refractivity contribution in [1.29, 1.82) is 0 Å². The number of hydrogen-bond donors (Lipinski definition) is 0. The van der Waals surface area contributed by atoms with Crippen LogP contribution in [-0.2, 0) is 6.37 Å². The first-order chi connectivity index (χ1) is 27.3. The van der Waals surface area contributed by atoms with E-state index in [-0.39, 0.29) is 35.6 Å². The number of imidazole rings is 1. The zero-order valence-corrected chi connectivity index (χ0v) is 25.1. The third-order valence-electron chi connectivity index (χ3n) is 8.94. The van der Waals surface area contributed by atoms with Gasteiger partial charge in [-0.3, -0.25) is 4.57 Å². The Balaban J connectivity index is 1.25. The van der Waals surface area contributed by atoms with E-state index in [1.54, 1.807) is 22.8 Å². The van der Waals surface area contributed by atoms with Gasteiger partial charge in [-0.15, -0.1) is 0 Å². The third kappa shape index (κ3) is 4.45. The number of aromatic nitrogens is 2. The Morgan fingerprint density at radius 3 is 1.96 bits per heavy atom. The average Bonchev–Trinajstić information content (AvgIpc) is 3.61. The fraction of sp³-hybridized carbons (Fsp3) is 0.0444. The third-order valence-corrected chi connectivity index (χ3v) is 8.94. The predicted molar refractivity (Wildman–Crippen MR) is 199 cm³/mol. The molecule has 9 aromatic rings. The van der Waals surface area contributed by atoms with Crippen LogP contribution < -0.4 is 0 Å². The summed E-state index contributed by atoms with van der Waals surface area (Å²) in [5.74, 6) is -0.189. The molecule has 8 aromatic carbocycles. The molecule has 0 amide bonds. The number of nitrogens with zero attached hydrogens (tertiary/aromatic N) is 2. The molecule has 0 atom stereocenters. The summed E-state index contributed by atoms with van der Waals surface area (Å²) in [5, 5.41) is 5.60. The standard InChI is InChI=1S/C45H32N2/c1-2-43-46-41-22-12-13-23-42(41)47(43)34-27-26-31-28-33(25-24-32(31)29-34)44-37-18-8-10-20-39(37)45(40-21-11-9-19-38(40)44)36-17-7-6-16-35(36)30-14-4-3-5-15-30/h3-29H,2H2,1H3/i1D3,2D2,3D,4D,5D,14D,15D. The lowest BCUT2D eigenvalue weighted by Gasteiger charge is -2.20. The molecule has 2 nitrogen and oxygen atoms in total. The number of benzene rings is 8. The van der Waals surface area contributed by atoms with Crippen molar-refractivity contribution < 1.29 is 13.7 Å². The van der Waals surface area contributed by atoms with Crippen LogP contribution in [0.4, 0.5) is 0 Å². The van der Waals surface area contributed by atoms with Crippen molar-refractivity contribution in [3.8, 4) is 39.1 Å². The van der Waals surface area contributed by atoms with Crippen LogP contribution in [-0.4, -0.2) is 9.55 Å². The Morgan fingerprint density at radius 2 is 1.21 bits per heavy atom. The van der Waals surface area contributed by atoms with Gasteiger partial charge in [0.05, 0.1) is 17.9 Å². The zero-order valence-electron chi connectivity index (χ0n) is 35.1. The molecular formula is C45H32N2. The Labute approximate surface area is 288 Å². The van der Waals surface area contributed by atoms with Gasteiger partial charge in [-0.2, -0.15) is 0 Å². The van der Waals surface area contributed by atoms with Crippen LogP contribution in [0.15, 0.2) is 164 Å². The summed E-state index contributed by atoms with van der Waals surface area (Å²) in [6.07, 6.45) is -2.71. The molecule has 0 N–H and O–H groups in total. The van der Waals surface area contributed by atoms with Gasteiger partial charge < -0.3 is 0 Å². The molecule has 222 valence electrons. The molecular weight excluding hydrogens is 569 g/mol. The van der Waals surface area contributed by atoms with Crippen LogP contribution in [0.3, 0.4) is 0 Å². The lowest BCUT2D eigenvalue weighted by atomic mass is 9.83. The van der Waals surface area contributed by atoms with Crippen molar-refractivity contribution in [2.24, 2.45) is 0 Å². The van der Waals surface area contributed by atoms with Gasteiger partial charge in [0.15, 0.2) is 0 Å². The molecule has 47 heavy (non-hydrogen) atoms. The van der Waals surface area contributed by atoms with Crippen LogP contribution in [0.5, 0.6) is 0 Å². The number of fused-ring (bicyclic) bond motifs is 4.